The molecule has 1 rings (SSSR count). The number of rotatable bonds is 4. The summed E-state index contributed by atoms with van der Waals surface area (Å²) < 4.78 is 32.5. The highest BCUT2D eigenvalue weighted by atomic mass is 32.2. The summed E-state index contributed by atoms with van der Waals surface area (Å²) >= 11 is 0. The van der Waals surface area contributed by atoms with Crippen molar-refractivity contribution in [3.63, 3.8) is 0 Å². The van der Waals surface area contributed by atoms with Crippen molar-refractivity contribution in [2.75, 3.05) is 7.05 Å². The summed E-state index contributed by atoms with van der Waals surface area (Å²) in [4.78, 5) is 0.219. The van der Waals surface area contributed by atoms with E-state index in [4.69, 9.17) is 10.2 Å². The zero-order valence-corrected chi connectivity index (χ0v) is 14.3. The van der Waals surface area contributed by atoms with E-state index in [0.717, 1.165) is 0 Å². The molecule has 1 aromatic rings. The molecule has 0 aliphatic rings. The monoisotopic (exact) mass is 302 g/mol. The highest BCUT2D eigenvalue weighted by molar-refractivity contribution is 7.89. The summed E-state index contributed by atoms with van der Waals surface area (Å²) in [7, 11) is -2.01. The van der Waals surface area contributed by atoms with Gasteiger partial charge in [-0.1, -0.05) is 20.8 Å². The van der Waals surface area contributed by atoms with Crippen molar-refractivity contribution < 1.29 is 12.8 Å². The maximum atomic E-state index is 12.8. The van der Waals surface area contributed by atoms with Gasteiger partial charge in [-0.05, 0) is 26.2 Å². The Bertz CT molecular complexity index is 582. The minimum atomic E-state index is -3.61. The largest absolute Gasteiger partial charge is 0.465 e. The van der Waals surface area contributed by atoms with E-state index in [1.807, 2.05) is 27.7 Å². The molecule has 20 heavy (non-hydrogen) atoms. The molecule has 5 nitrogen and oxygen atoms in total. The Morgan fingerprint density at radius 3 is 2.15 bits per heavy atom. The minimum Gasteiger partial charge on any atom is -0.465 e. The SMILES string of the molecule is Cc1oc(C)c(S(=O)(=O)N(C)C(C)C(C)(C)C)c1CN. The number of hydrogen-bond acceptors (Lipinski definition) is 4. The predicted molar refractivity (Wildman–Crippen MR) is 79.9 cm³/mol. The molecule has 2 N–H and O–H groups in total. The van der Waals surface area contributed by atoms with Gasteiger partial charge in [-0.2, -0.15) is 4.31 Å². The smallest absolute Gasteiger partial charge is 0.246 e. The van der Waals surface area contributed by atoms with E-state index in [1.54, 1.807) is 20.9 Å². The summed E-state index contributed by atoms with van der Waals surface area (Å²) in [5.74, 6) is 0.969. The Morgan fingerprint density at radius 1 is 1.25 bits per heavy atom. The van der Waals surface area contributed by atoms with Crippen molar-refractivity contribution in [3.05, 3.63) is 17.1 Å². The van der Waals surface area contributed by atoms with Gasteiger partial charge in [-0.15, -0.1) is 0 Å². The quantitative estimate of drug-likeness (QED) is 0.926. The fraction of sp³-hybridized carbons (Fsp3) is 0.714. The van der Waals surface area contributed by atoms with Gasteiger partial charge in [0.25, 0.3) is 0 Å². The predicted octanol–water partition coefficient (Wildman–Crippen LogP) is 2.41. The lowest BCUT2D eigenvalue weighted by atomic mass is 9.88. The number of aryl methyl sites for hydroxylation is 2. The van der Waals surface area contributed by atoms with Crippen LogP contribution in [0, 0.1) is 19.3 Å². The van der Waals surface area contributed by atoms with Crippen LogP contribution >= 0.6 is 0 Å². The van der Waals surface area contributed by atoms with Crippen molar-refractivity contribution in [1.29, 1.82) is 0 Å². The normalized spacial score (nSPS) is 14.8. The van der Waals surface area contributed by atoms with Crippen LogP contribution < -0.4 is 5.73 Å². The Labute approximate surface area is 122 Å². The molecule has 0 spiro atoms. The first-order valence-corrected chi connectivity index (χ1v) is 8.15. The van der Waals surface area contributed by atoms with Crippen LogP contribution in [0.3, 0.4) is 0 Å². The van der Waals surface area contributed by atoms with E-state index in [2.05, 4.69) is 0 Å². The van der Waals surface area contributed by atoms with E-state index < -0.39 is 10.0 Å². The third-order valence-corrected chi connectivity index (χ3v) is 6.09. The van der Waals surface area contributed by atoms with Gasteiger partial charge >= 0.3 is 0 Å². The summed E-state index contributed by atoms with van der Waals surface area (Å²) in [5.41, 5.74) is 6.09. The van der Waals surface area contributed by atoms with Gasteiger partial charge in [0.15, 0.2) is 0 Å². The Morgan fingerprint density at radius 2 is 1.75 bits per heavy atom. The van der Waals surface area contributed by atoms with Gasteiger partial charge in [-0.25, -0.2) is 8.42 Å². The van der Waals surface area contributed by atoms with Crippen molar-refractivity contribution in [3.8, 4) is 0 Å². The van der Waals surface area contributed by atoms with Crippen LogP contribution in [-0.4, -0.2) is 25.8 Å². The van der Waals surface area contributed by atoms with Crippen LogP contribution in [0.1, 0.15) is 44.8 Å². The number of sulfonamides is 1. The van der Waals surface area contributed by atoms with E-state index in [0.29, 0.717) is 17.1 Å². The van der Waals surface area contributed by atoms with Crippen LogP contribution in [-0.2, 0) is 16.6 Å². The Hall–Kier alpha value is -0.850. The third-order valence-electron chi connectivity index (χ3n) is 3.96. The van der Waals surface area contributed by atoms with Crippen LogP contribution in [0.15, 0.2) is 9.31 Å². The Balaban J connectivity index is 3.38. The lowest BCUT2D eigenvalue weighted by Gasteiger charge is -2.34. The maximum Gasteiger partial charge on any atom is 0.246 e. The van der Waals surface area contributed by atoms with Gasteiger partial charge in [0.05, 0.1) is 0 Å². The molecule has 0 saturated heterocycles. The molecule has 0 radical (unpaired) electrons. The fourth-order valence-corrected chi connectivity index (χ4v) is 4.15. The summed E-state index contributed by atoms with van der Waals surface area (Å²) in [6, 6.07) is -0.146. The highest BCUT2D eigenvalue weighted by Gasteiger charge is 2.36. The second-order valence-corrected chi connectivity index (χ2v) is 8.22. The van der Waals surface area contributed by atoms with Gasteiger partial charge in [0.1, 0.15) is 16.4 Å². The maximum absolute atomic E-state index is 12.8. The third kappa shape index (κ3) is 2.92. The molecular weight excluding hydrogens is 276 g/mol. The number of hydrogen-bond donors (Lipinski definition) is 1. The van der Waals surface area contributed by atoms with Crippen molar-refractivity contribution >= 4 is 10.0 Å². The van der Waals surface area contributed by atoms with Crippen molar-refractivity contribution in [1.82, 2.24) is 4.31 Å². The van der Waals surface area contributed by atoms with Gasteiger partial charge in [0, 0.05) is 25.2 Å². The molecule has 0 aliphatic heterocycles. The van der Waals surface area contributed by atoms with Gasteiger partial charge in [-0.3, -0.25) is 0 Å². The van der Waals surface area contributed by atoms with Crippen LogP contribution in [0.2, 0.25) is 0 Å². The second-order valence-electron chi connectivity index (χ2n) is 6.29. The zero-order chi connectivity index (χ0) is 15.9. The first kappa shape index (κ1) is 17.2. The number of furan rings is 1. The van der Waals surface area contributed by atoms with E-state index in [-0.39, 0.29) is 22.9 Å². The average molecular weight is 302 g/mol. The van der Waals surface area contributed by atoms with E-state index >= 15 is 0 Å². The first-order chi connectivity index (χ1) is 8.94. The van der Waals surface area contributed by atoms with Crippen molar-refractivity contribution in [2.24, 2.45) is 11.1 Å². The fourth-order valence-electron chi connectivity index (χ4n) is 2.18. The Kier molecular flexibility index (Phi) is 4.73. The van der Waals surface area contributed by atoms with Crippen LogP contribution in [0.25, 0.3) is 0 Å². The molecule has 0 bridgehead atoms. The molecule has 1 heterocycles. The lowest BCUT2D eigenvalue weighted by Crippen LogP contribution is -2.43. The first-order valence-electron chi connectivity index (χ1n) is 6.71. The highest BCUT2D eigenvalue weighted by Crippen LogP contribution is 2.32. The van der Waals surface area contributed by atoms with Crippen molar-refractivity contribution in [2.45, 2.75) is 59.0 Å². The summed E-state index contributed by atoms with van der Waals surface area (Å²) in [5, 5.41) is 0. The zero-order valence-electron chi connectivity index (χ0n) is 13.4. The molecule has 1 atom stereocenters. The van der Waals surface area contributed by atoms with E-state index in [9.17, 15) is 8.42 Å². The second kappa shape index (κ2) is 5.50. The van der Waals surface area contributed by atoms with Gasteiger partial charge in [0.2, 0.25) is 10.0 Å². The molecule has 1 unspecified atom stereocenters. The number of nitrogens with two attached hydrogens (primary N) is 1. The number of nitrogens with zero attached hydrogens (tertiary/aromatic N) is 1. The van der Waals surface area contributed by atoms with Crippen LogP contribution in [0.5, 0.6) is 0 Å². The molecule has 0 fully saturated rings. The summed E-state index contributed by atoms with van der Waals surface area (Å²) in [6.07, 6.45) is 0. The lowest BCUT2D eigenvalue weighted by molar-refractivity contribution is 0.216. The molecule has 6 heteroatoms. The molecule has 0 amide bonds. The minimum absolute atomic E-state index is 0.146. The standard InChI is InChI=1S/C14H26N2O3S/c1-9-12(8-15)13(10(2)19-9)20(17,18)16(7)11(3)14(4,5)6/h11H,8,15H2,1-7H3. The summed E-state index contributed by atoms with van der Waals surface area (Å²) in [6.45, 7) is 11.5. The molecular formula is C14H26N2O3S. The van der Waals surface area contributed by atoms with Gasteiger partial charge < -0.3 is 10.2 Å². The molecule has 116 valence electrons. The average Bonchev–Trinajstić information content (AvgIpc) is 2.60. The van der Waals surface area contributed by atoms with Crippen LogP contribution in [0.4, 0.5) is 0 Å². The molecule has 0 aromatic carbocycles. The molecule has 1 aromatic heterocycles. The molecule has 0 saturated carbocycles. The topological polar surface area (TPSA) is 76.5 Å². The van der Waals surface area contributed by atoms with E-state index in [1.165, 1.54) is 4.31 Å². The molecule has 0 aliphatic carbocycles.